The predicted octanol–water partition coefficient (Wildman–Crippen LogP) is 2.87. The highest BCUT2D eigenvalue weighted by atomic mass is 32.2. The third kappa shape index (κ3) is 8.20. The highest BCUT2D eigenvalue weighted by Crippen LogP contribution is 2.21. The largest absolute Gasteiger partial charge is 0.508 e. The summed E-state index contributed by atoms with van der Waals surface area (Å²) in [4.78, 5) is 25.5. The topological polar surface area (TPSA) is 104 Å². The minimum atomic E-state index is -0.778. The lowest BCUT2D eigenvalue weighted by Gasteiger charge is -2.21. The quantitative estimate of drug-likeness (QED) is 0.367. The van der Waals surface area contributed by atoms with E-state index >= 15 is 0 Å². The summed E-state index contributed by atoms with van der Waals surface area (Å²) in [5, 5.41) is 15.5. The lowest BCUT2D eigenvalue weighted by atomic mass is 9.96. The number of rotatable bonds is 12. The number of carbonyl (C=O) groups excluding carboxylic acids is 2. The van der Waals surface area contributed by atoms with Crippen molar-refractivity contribution in [3.63, 3.8) is 0 Å². The van der Waals surface area contributed by atoms with E-state index in [2.05, 4.69) is 22.8 Å². The van der Waals surface area contributed by atoms with Crippen LogP contribution >= 0.6 is 11.8 Å². The highest BCUT2D eigenvalue weighted by Gasteiger charge is 2.24. The van der Waals surface area contributed by atoms with Gasteiger partial charge in [-0.2, -0.15) is 11.8 Å². The third-order valence-corrected chi connectivity index (χ3v) is 6.11. The summed E-state index contributed by atoms with van der Waals surface area (Å²) in [6.07, 6.45) is 4.58. The van der Waals surface area contributed by atoms with Gasteiger partial charge in [0, 0.05) is 6.54 Å². The second-order valence-electron chi connectivity index (χ2n) is 8.09. The Morgan fingerprint density at radius 2 is 1.75 bits per heavy atom. The van der Waals surface area contributed by atoms with Crippen LogP contribution in [0.3, 0.4) is 0 Å². The average molecular weight is 458 g/mol. The first-order valence-corrected chi connectivity index (χ1v) is 12.4. The number of amides is 2. The monoisotopic (exact) mass is 457 g/mol. The van der Waals surface area contributed by atoms with Crippen LogP contribution in [0.5, 0.6) is 5.75 Å². The molecular weight excluding hydrogens is 422 g/mol. The summed E-state index contributed by atoms with van der Waals surface area (Å²) < 4.78 is 0. The maximum atomic E-state index is 12.8. The molecule has 174 valence electrons. The van der Waals surface area contributed by atoms with Crippen molar-refractivity contribution in [2.75, 3.05) is 18.6 Å². The van der Waals surface area contributed by atoms with E-state index in [0.717, 1.165) is 35.3 Å². The van der Waals surface area contributed by atoms with E-state index < -0.39 is 12.1 Å². The fourth-order valence-corrected chi connectivity index (χ4v) is 4.13. The summed E-state index contributed by atoms with van der Waals surface area (Å²) in [5.74, 6) is 0.434. The first-order valence-electron chi connectivity index (χ1n) is 11.0. The molecule has 0 saturated heterocycles. The fourth-order valence-electron chi connectivity index (χ4n) is 3.66. The zero-order valence-electron chi connectivity index (χ0n) is 19.2. The van der Waals surface area contributed by atoms with Crippen LogP contribution in [-0.4, -0.2) is 47.6 Å². The molecule has 32 heavy (non-hydrogen) atoms. The maximum absolute atomic E-state index is 12.8. The van der Waals surface area contributed by atoms with Gasteiger partial charge < -0.3 is 21.5 Å². The number of nitrogens with one attached hydrogen (secondary N) is 2. The molecular formula is C25H35N3O3S. The van der Waals surface area contributed by atoms with Gasteiger partial charge in [0.05, 0.1) is 6.04 Å². The van der Waals surface area contributed by atoms with Gasteiger partial charge in [0.15, 0.2) is 0 Å². The van der Waals surface area contributed by atoms with Crippen LogP contribution in [0.25, 0.3) is 0 Å². The molecule has 0 aliphatic carbocycles. The van der Waals surface area contributed by atoms with Gasteiger partial charge >= 0.3 is 0 Å². The van der Waals surface area contributed by atoms with Crippen molar-refractivity contribution in [3.05, 3.63) is 64.7 Å². The number of phenolic OH excluding ortho intramolecular Hbond substituents is 1. The van der Waals surface area contributed by atoms with Crippen molar-refractivity contribution in [1.82, 2.24) is 10.6 Å². The zero-order valence-corrected chi connectivity index (χ0v) is 20.0. The van der Waals surface area contributed by atoms with Crippen LogP contribution in [-0.2, 0) is 22.4 Å². The predicted molar refractivity (Wildman–Crippen MR) is 132 cm³/mol. The standard InChI is InChI=1S/C25H35N3O3S/c1-17-14-20(29)15-18(2)21(17)16-22(26)24(30)28-23(11-13-32-3)25(31)27-12-7-10-19-8-5-4-6-9-19/h4-6,8-9,14-15,22-23,29H,7,10-13,16,26H2,1-3H3,(H,27,31)(H,28,30)/t22-,23-/m1/s1. The van der Waals surface area contributed by atoms with E-state index in [-0.39, 0.29) is 17.6 Å². The Labute approximate surface area is 195 Å². The first kappa shape index (κ1) is 25.7. The number of phenols is 1. The van der Waals surface area contributed by atoms with Gasteiger partial charge in [-0.05, 0) is 85.9 Å². The number of hydrogen-bond acceptors (Lipinski definition) is 5. The molecule has 7 heteroatoms. The van der Waals surface area contributed by atoms with Crippen molar-refractivity contribution >= 4 is 23.6 Å². The summed E-state index contributed by atoms with van der Waals surface area (Å²) in [5.41, 5.74) is 10.1. The summed E-state index contributed by atoms with van der Waals surface area (Å²) >= 11 is 1.63. The molecule has 0 heterocycles. The van der Waals surface area contributed by atoms with Gasteiger partial charge in [-0.1, -0.05) is 30.3 Å². The summed E-state index contributed by atoms with van der Waals surface area (Å²) in [7, 11) is 0. The third-order valence-electron chi connectivity index (χ3n) is 5.47. The van der Waals surface area contributed by atoms with E-state index in [4.69, 9.17) is 5.73 Å². The molecule has 2 amide bonds. The molecule has 2 aromatic carbocycles. The van der Waals surface area contributed by atoms with Crippen molar-refractivity contribution in [1.29, 1.82) is 0 Å². The highest BCUT2D eigenvalue weighted by molar-refractivity contribution is 7.98. The Morgan fingerprint density at radius 3 is 2.38 bits per heavy atom. The average Bonchev–Trinajstić information content (AvgIpc) is 2.76. The molecule has 0 aromatic heterocycles. The maximum Gasteiger partial charge on any atom is 0.242 e. The molecule has 2 aromatic rings. The molecule has 0 spiro atoms. The molecule has 6 nitrogen and oxygen atoms in total. The van der Waals surface area contributed by atoms with Crippen molar-refractivity contribution in [2.24, 2.45) is 5.73 Å². The molecule has 2 atom stereocenters. The van der Waals surface area contributed by atoms with E-state index in [1.807, 2.05) is 38.3 Å². The minimum Gasteiger partial charge on any atom is -0.508 e. The Morgan fingerprint density at radius 1 is 1.09 bits per heavy atom. The minimum absolute atomic E-state index is 0.176. The Bertz CT molecular complexity index is 866. The SMILES string of the molecule is CSCC[C@@H](NC(=O)[C@H](N)Cc1c(C)cc(O)cc1C)C(=O)NCCCc1ccccc1. The molecule has 0 bridgehead atoms. The van der Waals surface area contributed by atoms with E-state index in [1.54, 1.807) is 23.9 Å². The van der Waals surface area contributed by atoms with Gasteiger partial charge in [0.1, 0.15) is 11.8 Å². The van der Waals surface area contributed by atoms with Crippen LogP contribution in [0, 0.1) is 13.8 Å². The molecule has 0 saturated carbocycles. The second-order valence-corrected chi connectivity index (χ2v) is 9.08. The molecule has 0 fully saturated rings. The normalized spacial score (nSPS) is 12.8. The van der Waals surface area contributed by atoms with Crippen molar-refractivity contribution in [3.8, 4) is 5.75 Å². The number of thioether (sulfide) groups is 1. The van der Waals surface area contributed by atoms with Crippen LogP contribution in [0.2, 0.25) is 0 Å². The van der Waals surface area contributed by atoms with Crippen LogP contribution in [0.4, 0.5) is 0 Å². The van der Waals surface area contributed by atoms with Gasteiger partial charge in [-0.3, -0.25) is 9.59 Å². The lowest BCUT2D eigenvalue weighted by Crippen LogP contribution is -2.52. The molecule has 5 N–H and O–H groups in total. The Kier molecular flexibility index (Phi) is 10.6. The summed E-state index contributed by atoms with van der Waals surface area (Å²) in [6, 6.07) is 12.1. The second kappa shape index (κ2) is 13.1. The smallest absolute Gasteiger partial charge is 0.242 e. The van der Waals surface area contributed by atoms with Crippen molar-refractivity contribution < 1.29 is 14.7 Å². The summed E-state index contributed by atoms with van der Waals surface area (Å²) in [6.45, 7) is 4.32. The van der Waals surface area contributed by atoms with Gasteiger partial charge in [0.25, 0.3) is 0 Å². The van der Waals surface area contributed by atoms with Crippen LogP contribution < -0.4 is 16.4 Å². The Balaban J connectivity index is 1.90. The molecule has 0 aliphatic heterocycles. The van der Waals surface area contributed by atoms with E-state index in [0.29, 0.717) is 19.4 Å². The van der Waals surface area contributed by atoms with Crippen LogP contribution in [0.1, 0.15) is 35.1 Å². The number of hydrogen-bond donors (Lipinski definition) is 4. The number of aryl methyl sites for hydroxylation is 3. The zero-order chi connectivity index (χ0) is 23.5. The van der Waals surface area contributed by atoms with E-state index in [9.17, 15) is 14.7 Å². The fraction of sp³-hybridized carbons (Fsp3) is 0.440. The van der Waals surface area contributed by atoms with Gasteiger partial charge in [-0.15, -0.1) is 0 Å². The van der Waals surface area contributed by atoms with Crippen LogP contribution in [0.15, 0.2) is 42.5 Å². The first-order chi connectivity index (χ1) is 15.3. The lowest BCUT2D eigenvalue weighted by molar-refractivity contribution is -0.129. The van der Waals surface area contributed by atoms with Gasteiger partial charge in [-0.25, -0.2) is 0 Å². The van der Waals surface area contributed by atoms with Gasteiger partial charge in [0.2, 0.25) is 11.8 Å². The molecule has 2 rings (SSSR count). The molecule has 0 unspecified atom stereocenters. The number of benzene rings is 2. The van der Waals surface area contributed by atoms with E-state index in [1.165, 1.54) is 5.56 Å². The molecule has 0 aliphatic rings. The van der Waals surface area contributed by atoms with Crippen molar-refractivity contribution in [2.45, 2.75) is 51.6 Å². The number of carbonyl (C=O) groups is 2. The number of aromatic hydroxyl groups is 1. The number of nitrogens with two attached hydrogens (primary N) is 1. The Hall–Kier alpha value is -2.51. The molecule has 0 radical (unpaired) electrons.